The van der Waals surface area contributed by atoms with Crippen LogP contribution >= 0.6 is 0 Å². The zero-order valence-electron chi connectivity index (χ0n) is 18.8. The van der Waals surface area contributed by atoms with Gasteiger partial charge in [-0.15, -0.1) is 0 Å². The number of hydrogen-bond acceptors (Lipinski definition) is 7. The first-order valence-corrected chi connectivity index (χ1v) is 12.3. The molecule has 1 amide bonds. The first-order chi connectivity index (χ1) is 15.5. The predicted molar refractivity (Wildman–Crippen MR) is 118 cm³/mol. The van der Waals surface area contributed by atoms with Crippen LogP contribution in [-0.2, 0) is 41.6 Å². The SMILES string of the molecule is Cc1nn(C)c(C)c1CN1CC(N2CCc3cc(O)c(N4CC(=O)NS4(=O)=O)c(F)c3C2)C1. The average molecular weight is 479 g/mol. The van der Waals surface area contributed by atoms with Crippen molar-refractivity contribution in [1.29, 1.82) is 0 Å². The molecule has 3 aliphatic rings. The number of carbonyl (C=O) groups excluding carboxylic acids is 1. The molecule has 2 saturated heterocycles. The van der Waals surface area contributed by atoms with Crippen molar-refractivity contribution in [3.63, 3.8) is 0 Å². The fraction of sp³-hybridized carbons (Fsp3) is 0.524. The number of nitrogens with zero attached hydrogens (tertiary/aromatic N) is 5. The molecule has 0 aliphatic carbocycles. The maximum atomic E-state index is 15.5. The molecule has 1 aromatic carbocycles. The van der Waals surface area contributed by atoms with Crippen LogP contribution in [0.15, 0.2) is 6.07 Å². The van der Waals surface area contributed by atoms with Crippen molar-refractivity contribution in [2.24, 2.45) is 7.05 Å². The minimum absolute atomic E-state index is 0.269. The molecule has 2 aromatic rings. The molecule has 0 bridgehead atoms. The lowest BCUT2D eigenvalue weighted by atomic mass is 9.94. The van der Waals surface area contributed by atoms with Crippen LogP contribution in [-0.4, -0.2) is 71.2 Å². The van der Waals surface area contributed by atoms with Gasteiger partial charge in [-0.1, -0.05) is 0 Å². The topological polar surface area (TPSA) is 111 Å². The summed E-state index contributed by atoms with van der Waals surface area (Å²) in [5, 5.41) is 14.8. The summed E-state index contributed by atoms with van der Waals surface area (Å²) in [4.78, 5) is 16.1. The molecule has 12 heteroatoms. The Labute approximate surface area is 191 Å². The van der Waals surface area contributed by atoms with Gasteiger partial charge in [0.15, 0.2) is 5.82 Å². The second-order valence-electron chi connectivity index (χ2n) is 9.07. The summed E-state index contributed by atoms with van der Waals surface area (Å²) in [6, 6.07) is 1.69. The predicted octanol–water partition coefficient (Wildman–Crippen LogP) is 0.305. The molecule has 2 N–H and O–H groups in total. The molecular formula is C21H27FN6O4S. The van der Waals surface area contributed by atoms with E-state index in [9.17, 15) is 18.3 Å². The third-order valence-electron chi connectivity index (χ3n) is 7.01. The lowest BCUT2D eigenvalue weighted by Gasteiger charge is -2.47. The number of hydrogen-bond donors (Lipinski definition) is 2. The van der Waals surface area contributed by atoms with Gasteiger partial charge in [0.1, 0.15) is 18.0 Å². The highest BCUT2D eigenvalue weighted by Crippen LogP contribution is 2.39. The highest BCUT2D eigenvalue weighted by molar-refractivity contribution is 7.92. The minimum atomic E-state index is -4.22. The van der Waals surface area contributed by atoms with Crippen molar-refractivity contribution in [2.75, 3.05) is 30.5 Å². The van der Waals surface area contributed by atoms with E-state index in [4.69, 9.17) is 0 Å². The Morgan fingerprint density at radius 2 is 2.00 bits per heavy atom. The van der Waals surface area contributed by atoms with E-state index in [0.29, 0.717) is 28.4 Å². The van der Waals surface area contributed by atoms with Crippen molar-refractivity contribution in [2.45, 2.75) is 39.4 Å². The number of nitrogens with one attached hydrogen (secondary N) is 1. The summed E-state index contributed by atoms with van der Waals surface area (Å²) in [6.45, 7) is 7.12. The van der Waals surface area contributed by atoms with Gasteiger partial charge >= 0.3 is 10.2 Å². The minimum Gasteiger partial charge on any atom is -0.506 e. The van der Waals surface area contributed by atoms with E-state index < -0.39 is 39.9 Å². The van der Waals surface area contributed by atoms with Gasteiger partial charge in [0.05, 0.1) is 5.69 Å². The van der Waals surface area contributed by atoms with Gasteiger partial charge in [-0.3, -0.25) is 19.3 Å². The number of benzene rings is 1. The number of phenolic OH excluding ortho intramolecular Hbond substituents is 1. The Kier molecular flexibility index (Phi) is 5.14. The van der Waals surface area contributed by atoms with Crippen molar-refractivity contribution in [3.05, 3.63) is 40.0 Å². The largest absolute Gasteiger partial charge is 0.506 e. The lowest BCUT2D eigenvalue weighted by molar-refractivity contribution is -0.117. The Balaban J connectivity index is 1.32. The summed E-state index contributed by atoms with van der Waals surface area (Å²) in [5.74, 6) is -2.02. The van der Waals surface area contributed by atoms with Crippen LogP contribution in [0.25, 0.3) is 0 Å². The second-order valence-corrected chi connectivity index (χ2v) is 10.7. The fourth-order valence-electron chi connectivity index (χ4n) is 5.02. The molecule has 0 unspecified atom stereocenters. The van der Waals surface area contributed by atoms with E-state index in [0.717, 1.165) is 37.6 Å². The molecule has 33 heavy (non-hydrogen) atoms. The summed E-state index contributed by atoms with van der Waals surface area (Å²) < 4.78 is 44.2. The number of carbonyl (C=O) groups is 1. The molecule has 5 rings (SSSR count). The summed E-state index contributed by atoms with van der Waals surface area (Å²) in [6.07, 6.45) is 0.557. The lowest BCUT2D eigenvalue weighted by Crippen LogP contribution is -2.59. The van der Waals surface area contributed by atoms with Crippen molar-refractivity contribution < 1.29 is 22.7 Å². The summed E-state index contributed by atoms with van der Waals surface area (Å²) >= 11 is 0. The standard InChI is InChI=1S/C21H27FN6O4S/c1-12-16(13(2)25(3)23-12)9-26-7-15(8-26)27-5-4-14-6-18(29)21(20(22)17(14)10-27)28-11-19(30)24-33(28,31)32/h6,15,29H,4-5,7-11H2,1-3H3,(H,24,30). The molecule has 0 spiro atoms. The molecule has 0 saturated carbocycles. The van der Waals surface area contributed by atoms with Crippen LogP contribution in [0.1, 0.15) is 28.1 Å². The quantitative estimate of drug-likeness (QED) is 0.651. The number of aromatic nitrogens is 2. The molecule has 0 radical (unpaired) electrons. The maximum absolute atomic E-state index is 15.5. The highest BCUT2D eigenvalue weighted by atomic mass is 32.2. The van der Waals surface area contributed by atoms with Crippen LogP contribution in [0.2, 0.25) is 0 Å². The molecule has 178 valence electrons. The van der Waals surface area contributed by atoms with Gasteiger partial charge < -0.3 is 5.11 Å². The molecule has 3 aliphatic heterocycles. The number of rotatable bonds is 4. The molecule has 10 nitrogen and oxygen atoms in total. The number of aryl methyl sites for hydroxylation is 2. The third kappa shape index (κ3) is 3.65. The van der Waals surface area contributed by atoms with Gasteiger partial charge in [0.2, 0.25) is 0 Å². The Morgan fingerprint density at radius 1 is 1.27 bits per heavy atom. The number of amides is 1. The van der Waals surface area contributed by atoms with Crippen LogP contribution in [0.5, 0.6) is 5.75 Å². The van der Waals surface area contributed by atoms with Crippen molar-refractivity contribution in [3.8, 4) is 5.75 Å². The molecule has 1 aromatic heterocycles. The Morgan fingerprint density at radius 3 is 2.61 bits per heavy atom. The number of aromatic hydroxyl groups is 1. The van der Waals surface area contributed by atoms with Crippen molar-refractivity contribution in [1.82, 2.24) is 24.3 Å². The Bertz CT molecular complexity index is 1250. The van der Waals surface area contributed by atoms with Gasteiger partial charge in [0, 0.05) is 62.6 Å². The molecule has 2 fully saturated rings. The van der Waals surface area contributed by atoms with Crippen LogP contribution in [0, 0.1) is 19.7 Å². The number of phenols is 1. The normalized spacial score (nSPS) is 21.2. The highest BCUT2D eigenvalue weighted by Gasteiger charge is 2.40. The number of halogens is 1. The zero-order valence-corrected chi connectivity index (χ0v) is 19.6. The van der Waals surface area contributed by atoms with Gasteiger partial charge in [-0.05, 0) is 31.9 Å². The van der Waals surface area contributed by atoms with Crippen LogP contribution < -0.4 is 9.03 Å². The maximum Gasteiger partial charge on any atom is 0.326 e. The Hall–Kier alpha value is -2.70. The first-order valence-electron chi connectivity index (χ1n) is 10.9. The smallest absolute Gasteiger partial charge is 0.326 e. The van der Waals surface area contributed by atoms with Gasteiger partial charge in [0.25, 0.3) is 5.91 Å². The van der Waals surface area contributed by atoms with E-state index in [1.54, 1.807) is 0 Å². The summed E-state index contributed by atoms with van der Waals surface area (Å²) in [7, 11) is -2.28. The van der Waals surface area contributed by atoms with E-state index in [1.807, 2.05) is 23.4 Å². The molecule has 0 atom stereocenters. The second kappa shape index (κ2) is 7.67. The molecule has 4 heterocycles. The average Bonchev–Trinajstić information content (AvgIpc) is 3.11. The fourth-order valence-corrected chi connectivity index (χ4v) is 6.19. The van der Waals surface area contributed by atoms with E-state index in [2.05, 4.69) is 21.8 Å². The third-order valence-corrected chi connectivity index (χ3v) is 8.39. The van der Waals surface area contributed by atoms with Crippen LogP contribution in [0.4, 0.5) is 10.1 Å². The van der Waals surface area contributed by atoms with E-state index in [1.165, 1.54) is 11.6 Å². The number of likely N-dealkylation sites (tertiary alicyclic amines) is 1. The van der Waals surface area contributed by atoms with Crippen LogP contribution in [0.3, 0.4) is 0 Å². The van der Waals surface area contributed by atoms with Crippen molar-refractivity contribution >= 4 is 21.8 Å². The number of fused-ring (bicyclic) bond motifs is 1. The van der Waals surface area contributed by atoms with E-state index >= 15 is 4.39 Å². The monoisotopic (exact) mass is 478 g/mol. The molecular weight excluding hydrogens is 451 g/mol. The van der Waals surface area contributed by atoms with Gasteiger partial charge in [-0.25, -0.2) is 13.4 Å². The number of anilines is 1. The zero-order chi connectivity index (χ0) is 23.7. The summed E-state index contributed by atoms with van der Waals surface area (Å²) in [5.41, 5.74) is 4.00. The first kappa shape index (κ1) is 22.1. The van der Waals surface area contributed by atoms with E-state index in [-0.39, 0.29) is 6.04 Å². The van der Waals surface area contributed by atoms with Gasteiger partial charge in [-0.2, -0.15) is 13.5 Å².